The van der Waals surface area contributed by atoms with Gasteiger partial charge in [0.25, 0.3) is 5.91 Å². The Morgan fingerprint density at radius 2 is 1.80 bits per heavy atom. The summed E-state index contributed by atoms with van der Waals surface area (Å²) >= 11 is 3.20. The van der Waals surface area contributed by atoms with Gasteiger partial charge in [0.2, 0.25) is 0 Å². The number of pyridine rings is 1. The third kappa shape index (κ3) is 5.48. The van der Waals surface area contributed by atoms with Gasteiger partial charge in [-0.05, 0) is 79.1 Å². The molecular weight excluding hydrogens is 472 g/mol. The predicted octanol–water partition coefficient (Wildman–Crippen LogP) is 7.25. The van der Waals surface area contributed by atoms with Gasteiger partial charge in [-0.1, -0.05) is 36.0 Å². The summed E-state index contributed by atoms with van der Waals surface area (Å²) in [4.78, 5) is 20.4. The van der Waals surface area contributed by atoms with E-state index in [-0.39, 0.29) is 5.91 Å². The van der Waals surface area contributed by atoms with Crippen molar-refractivity contribution in [1.82, 2.24) is 15.2 Å². The number of nitrogens with zero attached hydrogens (tertiary/aromatic N) is 2. The molecule has 0 aliphatic rings. The number of aromatic amines is 1. The third-order valence-corrected chi connectivity index (χ3v) is 7.14. The summed E-state index contributed by atoms with van der Waals surface area (Å²) in [5.41, 5.74) is 4.09. The molecule has 3 aromatic carbocycles. The summed E-state index contributed by atoms with van der Waals surface area (Å²) in [5.74, 6) is -0.129. The zero-order valence-electron chi connectivity index (χ0n) is 18.9. The quantitative estimate of drug-likeness (QED) is 0.233. The lowest BCUT2D eigenvalue weighted by molar-refractivity contribution is 0.102. The Bertz CT molecular complexity index is 1510. The number of nitrogens with one attached hydrogen (secondary N) is 2. The first-order chi connectivity index (χ1) is 17.2. The molecular formula is C28H22N4OS2. The number of hydrogen-bond acceptors (Lipinski definition) is 5. The van der Waals surface area contributed by atoms with Gasteiger partial charge in [0.05, 0.1) is 22.5 Å². The molecule has 0 saturated carbocycles. The molecule has 2 heterocycles. The smallest absolute Gasteiger partial charge is 0.256 e. The zero-order valence-corrected chi connectivity index (χ0v) is 20.6. The summed E-state index contributed by atoms with van der Waals surface area (Å²) in [6.45, 7) is 0. The Labute approximate surface area is 212 Å². The fraction of sp³-hybridized carbons (Fsp3) is 0.0357. The Balaban J connectivity index is 1.35. The molecule has 0 bridgehead atoms. The van der Waals surface area contributed by atoms with E-state index in [0.29, 0.717) is 5.56 Å². The van der Waals surface area contributed by atoms with Crippen LogP contribution in [0.5, 0.6) is 0 Å². The predicted molar refractivity (Wildman–Crippen MR) is 146 cm³/mol. The molecule has 0 saturated heterocycles. The van der Waals surface area contributed by atoms with Crippen LogP contribution in [-0.4, -0.2) is 27.3 Å². The lowest BCUT2D eigenvalue weighted by Gasteiger charge is -2.11. The second-order valence-electron chi connectivity index (χ2n) is 7.69. The molecule has 7 heteroatoms. The van der Waals surface area contributed by atoms with Crippen LogP contribution in [-0.2, 0) is 0 Å². The number of thioether (sulfide) groups is 1. The van der Waals surface area contributed by atoms with Crippen molar-refractivity contribution in [3.05, 3.63) is 108 Å². The Morgan fingerprint density at radius 3 is 2.66 bits per heavy atom. The lowest BCUT2D eigenvalue weighted by Crippen LogP contribution is -2.12. The average molecular weight is 495 g/mol. The van der Waals surface area contributed by atoms with Gasteiger partial charge in [0, 0.05) is 32.0 Å². The number of H-pyrrole nitrogens is 1. The normalized spacial score (nSPS) is 11.2. The van der Waals surface area contributed by atoms with Crippen molar-refractivity contribution < 1.29 is 4.79 Å². The summed E-state index contributed by atoms with van der Waals surface area (Å²) < 4.78 is 0. The molecule has 0 aliphatic carbocycles. The molecule has 35 heavy (non-hydrogen) atoms. The van der Waals surface area contributed by atoms with E-state index in [4.69, 9.17) is 0 Å². The molecule has 0 spiro atoms. The van der Waals surface area contributed by atoms with E-state index in [1.54, 1.807) is 29.7 Å². The topological polar surface area (TPSA) is 70.7 Å². The largest absolute Gasteiger partial charge is 0.322 e. The van der Waals surface area contributed by atoms with Crippen LogP contribution in [0.25, 0.3) is 23.1 Å². The molecule has 5 aromatic rings. The highest BCUT2D eigenvalue weighted by molar-refractivity contribution is 7.99. The molecule has 0 radical (unpaired) electrons. The number of carbonyl (C=O) groups is 1. The minimum atomic E-state index is -0.129. The van der Waals surface area contributed by atoms with Gasteiger partial charge in [0.1, 0.15) is 0 Å². The first kappa shape index (κ1) is 23.0. The standard InChI is InChI=1S/C28H22N4OS2/c1-34-21-9-6-8-20(17-21)30-28(33)24-10-2-3-11-27(24)35-22-13-14-23-25(31-32-26(23)18-22)15-12-19-7-4-5-16-29-19/h2-18H,1H3,(H,30,33)(H,31,32)/b15-12+. The first-order valence-corrected chi connectivity index (χ1v) is 13.0. The van der Waals surface area contributed by atoms with Gasteiger partial charge in [-0.25, -0.2) is 0 Å². The number of benzene rings is 3. The maximum Gasteiger partial charge on any atom is 0.256 e. The molecule has 5 nitrogen and oxygen atoms in total. The fourth-order valence-electron chi connectivity index (χ4n) is 3.62. The number of rotatable bonds is 7. The lowest BCUT2D eigenvalue weighted by atomic mass is 10.2. The van der Waals surface area contributed by atoms with Crippen molar-refractivity contribution in [2.24, 2.45) is 0 Å². The molecule has 2 aromatic heterocycles. The van der Waals surface area contributed by atoms with Crippen molar-refractivity contribution in [2.75, 3.05) is 11.6 Å². The highest BCUT2D eigenvalue weighted by Crippen LogP contribution is 2.33. The second kappa shape index (κ2) is 10.6. The SMILES string of the molecule is CSc1cccc(NC(=O)c2ccccc2Sc2ccc3c(/C=C/c4ccccn4)n[nH]c3c2)c1. The van der Waals surface area contributed by atoms with E-state index >= 15 is 0 Å². The molecule has 0 fully saturated rings. The van der Waals surface area contributed by atoms with Gasteiger partial charge in [-0.2, -0.15) is 5.10 Å². The van der Waals surface area contributed by atoms with Gasteiger partial charge in [-0.15, -0.1) is 11.8 Å². The molecule has 0 unspecified atom stereocenters. The number of hydrogen-bond donors (Lipinski definition) is 2. The van der Waals surface area contributed by atoms with Crippen molar-refractivity contribution in [1.29, 1.82) is 0 Å². The van der Waals surface area contributed by atoms with E-state index in [9.17, 15) is 4.79 Å². The third-order valence-electron chi connectivity index (χ3n) is 5.35. The molecule has 2 N–H and O–H groups in total. The molecule has 1 amide bonds. The number of aromatic nitrogens is 3. The summed E-state index contributed by atoms with van der Waals surface area (Å²) in [7, 11) is 0. The fourth-order valence-corrected chi connectivity index (χ4v) is 5.06. The number of amides is 1. The van der Waals surface area contributed by atoms with Crippen LogP contribution < -0.4 is 5.32 Å². The maximum absolute atomic E-state index is 13.1. The van der Waals surface area contributed by atoms with Crippen LogP contribution in [0.4, 0.5) is 5.69 Å². The highest BCUT2D eigenvalue weighted by Gasteiger charge is 2.13. The van der Waals surface area contributed by atoms with Crippen LogP contribution in [0.1, 0.15) is 21.7 Å². The van der Waals surface area contributed by atoms with Crippen molar-refractivity contribution in [2.45, 2.75) is 14.7 Å². The minimum absolute atomic E-state index is 0.129. The summed E-state index contributed by atoms with van der Waals surface area (Å²) in [6.07, 6.45) is 7.69. The van der Waals surface area contributed by atoms with E-state index in [1.165, 1.54) is 0 Å². The second-order valence-corrected chi connectivity index (χ2v) is 9.68. The number of anilines is 1. The van der Waals surface area contributed by atoms with Crippen molar-refractivity contribution >= 4 is 58.2 Å². The Morgan fingerprint density at radius 1 is 0.914 bits per heavy atom. The summed E-state index contributed by atoms with van der Waals surface area (Å²) in [6, 6.07) is 27.5. The molecule has 5 rings (SSSR count). The van der Waals surface area contributed by atoms with Gasteiger partial charge >= 0.3 is 0 Å². The van der Waals surface area contributed by atoms with Crippen molar-refractivity contribution in [3.63, 3.8) is 0 Å². The molecule has 172 valence electrons. The zero-order chi connectivity index (χ0) is 24.0. The van der Waals surface area contributed by atoms with E-state index in [2.05, 4.69) is 38.7 Å². The van der Waals surface area contributed by atoms with E-state index in [1.807, 2.05) is 85.1 Å². The van der Waals surface area contributed by atoms with Crippen molar-refractivity contribution in [3.8, 4) is 0 Å². The van der Waals surface area contributed by atoms with Gasteiger partial charge < -0.3 is 5.32 Å². The summed E-state index contributed by atoms with van der Waals surface area (Å²) in [5, 5.41) is 11.6. The molecule has 0 aliphatic heterocycles. The van der Waals surface area contributed by atoms with Gasteiger partial charge in [0.15, 0.2) is 0 Å². The monoisotopic (exact) mass is 494 g/mol. The average Bonchev–Trinajstić information content (AvgIpc) is 3.30. The number of carbonyl (C=O) groups excluding carboxylic acids is 1. The highest BCUT2D eigenvalue weighted by atomic mass is 32.2. The van der Waals surface area contributed by atoms with Crippen LogP contribution in [0, 0.1) is 0 Å². The van der Waals surface area contributed by atoms with Crippen LogP contribution in [0.15, 0.2) is 106 Å². The Hall–Kier alpha value is -3.81. The van der Waals surface area contributed by atoms with E-state index in [0.717, 1.165) is 42.7 Å². The van der Waals surface area contributed by atoms with Crippen LogP contribution >= 0.6 is 23.5 Å². The van der Waals surface area contributed by atoms with Gasteiger partial charge in [-0.3, -0.25) is 14.9 Å². The molecule has 0 atom stereocenters. The van der Waals surface area contributed by atoms with Crippen LogP contribution in [0.2, 0.25) is 0 Å². The number of fused-ring (bicyclic) bond motifs is 1. The minimum Gasteiger partial charge on any atom is -0.322 e. The van der Waals surface area contributed by atoms with Crippen LogP contribution in [0.3, 0.4) is 0 Å². The maximum atomic E-state index is 13.1. The Kier molecular flexibility index (Phi) is 6.97. The van der Waals surface area contributed by atoms with E-state index < -0.39 is 0 Å². The first-order valence-electron chi connectivity index (χ1n) is 11.0.